The maximum Gasteiger partial charge on any atom is 0.243 e. The average molecular weight is 551 g/mol. The zero-order valence-electron chi connectivity index (χ0n) is 21.9. The summed E-state index contributed by atoms with van der Waals surface area (Å²) in [6, 6.07) is 24.0. The van der Waals surface area contributed by atoms with Gasteiger partial charge in [0.15, 0.2) is 0 Å². The van der Waals surface area contributed by atoms with Gasteiger partial charge in [0.2, 0.25) is 15.9 Å². The van der Waals surface area contributed by atoms with E-state index in [-0.39, 0.29) is 43.1 Å². The van der Waals surface area contributed by atoms with Crippen LogP contribution >= 0.6 is 0 Å². The van der Waals surface area contributed by atoms with Gasteiger partial charge in [0, 0.05) is 12.2 Å². The number of nitrogens with one attached hydrogen (secondary N) is 1. The predicted molar refractivity (Wildman–Crippen MR) is 149 cm³/mol. The lowest BCUT2D eigenvalue weighted by Crippen LogP contribution is -2.57. The van der Waals surface area contributed by atoms with E-state index in [1.54, 1.807) is 18.2 Å². The van der Waals surface area contributed by atoms with Gasteiger partial charge in [-0.2, -0.15) is 4.31 Å². The van der Waals surface area contributed by atoms with Crippen molar-refractivity contribution in [3.63, 3.8) is 0 Å². The maximum absolute atomic E-state index is 13.6. The molecule has 2 N–H and O–H groups in total. The van der Waals surface area contributed by atoms with Crippen molar-refractivity contribution in [2.75, 3.05) is 25.1 Å². The van der Waals surface area contributed by atoms with Crippen LogP contribution in [0, 0.1) is 6.92 Å². The summed E-state index contributed by atoms with van der Waals surface area (Å²) in [6.07, 6.45) is -0.702. The van der Waals surface area contributed by atoms with Crippen molar-refractivity contribution in [1.82, 2.24) is 4.31 Å². The summed E-state index contributed by atoms with van der Waals surface area (Å²) in [4.78, 5) is 13.0. The Morgan fingerprint density at radius 3 is 2.46 bits per heavy atom. The summed E-state index contributed by atoms with van der Waals surface area (Å²) in [5.74, 6) is -0.169. The Kier molecular flexibility index (Phi) is 8.44. The number of carbonyl (C=O) groups is 1. The van der Waals surface area contributed by atoms with Crippen LogP contribution in [0.3, 0.4) is 0 Å². The number of β-amino-alcohol motifs (C(OH)–C–C–N with tert-alkyl or cyclic N) is 1. The van der Waals surface area contributed by atoms with Gasteiger partial charge in [-0.15, -0.1) is 0 Å². The molecule has 0 aromatic heterocycles. The molecule has 206 valence electrons. The fourth-order valence-corrected chi connectivity index (χ4v) is 7.10. The summed E-state index contributed by atoms with van der Waals surface area (Å²) in [6.45, 7) is 1.91. The van der Waals surface area contributed by atoms with Crippen molar-refractivity contribution in [3.8, 4) is 11.1 Å². The van der Waals surface area contributed by atoms with Crippen molar-refractivity contribution < 1.29 is 27.8 Å². The van der Waals surface area contributed by atoms with E-state index in [9.17, 15) is 18.3 Å². The number of hydrogen-bond acceptors (Lipinski definition) is 6. The van der Waals surface area contributed by atoms with Crippen LogP contribution in [0.2, 0.25) is 0 Å². The highest BCUT2D eigenvalue weighted by molar-refractivity contribution is 7.89. The highest BCUT2D eigenvalue weighted by atomic mass is 32.2. The Balaban J connectivity index is 1.24. The number of rotatable bonds is 6. The van der Waals surface area contributed by atoms with E-state index in [1.165, 1.54) is 4.31 Å². The van der Waals surface area contributed by atoms with Gasteiger partial charge in [-0.25, -0.2) is 8.42 Å². The first-order chi connectivity index (χ1) is 18.8. The van der Waals surface area contributed by atoms with Crippen LogP contribution < -0.4 is 5.32 Å². The molecule has 0 bridgehead atoms. The SMILES string of the molecule is Cc1cccc(S(=O)(=O)N2C[C@@H](O)COC[C@@H]3O[C@H](CC(=O)Nc4ccc(-c5ccccc5)cc4)CC[C@H]32)c1. The number of ether oxygens (including phenoxy) is 2. The van der Waals surface area contributed by atoms with Crippen LogP contribution in [0.4, 0.5) is 5.69 Å². The van der Waals surface area contributed by atoms with E-state index >= 15 is 0 Å². The standard InChI is InChI=1S/C30H34N2O6S/c1-21-6-5-9-27(16-21)39(35,36)32-18-25(33)19-37-20-29-28(32)15-14-26(38-29)17-30(34)31-24-12-10-23(11-13-24)22-7-3-2-4-8-22/h2-13,16,25-26,28-29,33H,14-15,17-20H2,1H3,(H,31,34)/t25-,26+,28-,29+/m1/s1. The van der Waals surface area contributed by atoms with Crippen molar-refractivity contribution in [2.24, 2.45) is 0 Å². The van der Waals surface area contributed by atoms with Crippen LogP contribution in [0.1, 0.15) is 24.8 Å². The zero-order chi connectivity index (χ0) is 27.4. The van der Waals surface area contributed by atoms with Gasteiger partial charge in [0.05, 0.1) is 48.9 Å². The van der Waals surface area contributed by atoms with Crippen LogP contribution in [0.15, 0.2) is 83.8 Å². The van der Waals surface area contributed by atoms with Crippen LogP contribution in [0.25, 0.3) is 11.1 Å². The molecule has 0 aliphatic carbocycles. The number of aryl methyl sites for hydroxylation is 1. The third-order valence-electron chi connectivity index (χ3n) is 7.22. The first-order valence-corrected chi connectivity index (χ1v) is 14.7. The number of carbonyl (C=O) groups excluding carboxylic acids is 1. The molecular weight excluding hydrogens is 516 g/mol. The fraction of sp³-hybridized carbons (Fsp3) is 0.367. The Morgan fingerprint density at radius 2 is 1.72 bits per heavy atom. The lowest BCUT2D eigenvalue weighted by Gasteiger charge is -2.43. The molecule has 9 heteroatoms. The summed E-state index contributed by atoms with van der Waals surface area (Å²) in [5.41, 5.74) is 3.71. The number of hydrogen-bond donors (Lipinski definition) is 2. The van der Waals surface area contributed by atoms with Gasteiger partial charge in [-0.05, 0) is 60.7 Å². The molecule has 2 fully saturated rings. The monoisotopic (exact) mass is 550 g/mol. The molecule has 0 spiro atoms. The van der Waals surface area contributed by atoms with Gasteiger partial charge in [-0.1, -0.05) is 54.6 Å². The molecule has 3 aromatic rings. The van der Waals surface area contributed by atoms with Gasteiger partial charge in [0.25, 0.3) is 0 Å². The number of fused-ring (bicyclic) bond motifs is 1. The third-order valence-corrected chi connectivity index (χ3v) is 9.11. The Hall–Kier alpha value is -3.08. The van der Waals surface area contributed by atoms with E-state index < -0.39 is 28.3 Å². The topological polar surface area (TPSA) is 105 Å². The molecular formula is C30H34N2O6S. The number of anilines is 1. The average Bonchev–Trinajstić information content (AvgIpc) is 2.92. The van der Waals surface area contributed by atoms with Gasteiger partial charge in [-0.3, -0.25) is 4.79 Å². The zero-order valence-corrected chi connectivity index (χ0v) is 22.7. The predicted octanol–water partition coefficient (Wildman–Crippen LogP) is 3.99. The number of amides is 1. The second kappa shape index (κ2) is 12.0. The molecule has 2 saturated heterocycles. The highest BCUT2D eigenvalue weighted by Gasteiger charge is 2.43. The van der Waals surface area contributed by atoms with Crippen LogP contribution in [-0.2, 0) is 24.3 Å². The van der Waals surface area contributed by atoms with E-state index in [0.717, 1.165) is 16.7 Å². The lowest BCUT2D eigenvalue weighted by atomic mass is 9.96. The second-order valence-electron chi connectivity index (χ2n) is 10.2. The number of nitrogens with zero attached hydrogens (tertiary/aromatic N) is 1. The summed E-state index contributed by atoms with van der Waals surface area (Å²) >= 11 is 0. The minimum atomic E-state index is -3.87. The molecule has 2 aliphatic rings. The summed E-state index contributed by atoms with van der Waals surface area (Å²) in [7, 11) is -3.87. The van der Waals surface area contributed by atoms with Crippen molar-refractivity contribution in [2.45, 2.75) is 55.4 Å². The van der Waals surface area contributed by atoms with Crippen LogP contribution in [0.5, 0.6) is 0 Å². The largest absolute Gasteiger partial charge is 0.389 e. The van der Waals surface area contributed by atoms with E-state index in [2.05, 4.69) is 5.32 Å². The maximum atomic E-state index is 13.6. The summed E-state index contributed by atoms with van der Waals surface area (Å²) in [5, 5.41) is 13.3. The number of benzene rings is 3. The first kappa shape index (κ1) is 27.5. The Bertz CT molecular complexity index is 1380. The molecule has 0 unspecified atom stereocenters. The van der Waals surface area contributed by atoms with Crippen molar-refractivity contribution >= 4 is 21.6 Å². The molecule has 4 atom stereocenters. The van der Waals surface area contributed by atoms with Gasteiger partial charge >= 0.3 is 0 Å². The first-order valence-electron chi connectivity index (χ1n) is 13.2. The Morgan fingerprint density at radius 1 is 0.974 bits per heavy atom. The molecule has 3 aromatic carbocycles. The number of aliphatic hydroxyl groups excluding tert-OH is 1. The van der Waals surface area contributed by atoms with Gasteiger partial charge in [0.1, 0.15) is 0 Å². The molecule has 1 amide bonds. The molecule has 2 heterocycles. The van der Waals surface area contributed by atoms with Gasteiger partial charge < -0.3 is 19.9 Å². The van der Waals surface area contributed by atoms with Crippen molar-refractivity contribution in [3.05, 3.63) is 84.4 Å². The minimum Gasteiger partial charge on any atom is -0.389 e. The fourth-order valence-electron chi connectivity index (χ4n) is 5.28. The smallest absolute Gasteiger partial charge is 0.243 e. The molecule has 2 aliphatic heterocycles. The molecule has 5 rings (SSSR count). The molecule has 0 radical (unpaired) electrons. The molecule has 0 saturated carbocycles. The van der Waals surface area contributed by atoms with Crippen molar-refractivity contribution in [1.29, 1.82) is 0 Å². The van der Waals surface area contributed by atoms with E-state index in [4.69, 9.17) is 9.47 Å². The summed E-state index contributed by atoms with van der Waals surface area (Å²) < 4.78 is 40.5. The molecule has 8 nitrogen and oxygen atoms in total. The second-order valence-corrected chi connectivity index (χ2v) is 12.1. The molecule has 39 heavy (non-hydrogen) atoms. The van der Waals surface area contributed by atoms with E-state index in [1.807, 2.05) is 67.6 Å². The van der Waals surface area contributed by atoms with Crippen LogP contribution in [-0.4, -0.2) is 67.8 Å². The van der Waals surface area contributed by atoms with E-state index in [0.29, 0.717) is 18.5 Å². The minimum absolute atomic E-state index is 0.0105. The highest BCUT2D eigenvalue weighted by Crippen LogP contribution is 2.32. The quantitative estimate of drug-likeness (QED) is 0.481. The third kappa shape index (κ3) is 6.57. The number of aliphatic hydroxyl groups is 1. The normalized spacial score (nSPS) is 24.3. The lowest BCUT2D eigenvalue weighted by molar-refractivity contribution is -0.144. The Labute approximate surface area is 229 Å². The number of sulfonamides is 1.